The van der Waals surface area contributed by atoms with Crippen LogP contribution in [0.15, 0.2) is 47.5 Å². The summed E-state index contributed by atoms with van der Waals surface area (Å²) in [5.41, 5.74) is 4.47. The lowest BCUT2D eigenvalue weighted by Gasteiger charge is -2.28. The molecule has 0 atom stereocenters. The first-order valence-electron chi connectivity index (χ1n) is 10.7. The third-order valence-electron chi connectivity index (χ3n) is 5.78. The van der Waals surface area contributed by atoms with Crippen molar-refractivity contribution in [3.05, 3.63) is 69.9 Å². The fraction of sp³-hybridized carbons (Fsp3) is 0.269. The number of benzene rings is 2. The first-order valence-corrected chi connectivity index (χ1v) is 12.1. The van der Waals surface area contributed by atoms with Crippen molar-refractivity contribution >= 4 is 29.1 Å². The molecular formula is C26H24ClN3O3S. The van der Waals surface area contributed by atoms with Gasteiger partial charge in [0.1, 0.15) is 11.1 Å². The molecule has 3 aromatic rings. The lowest BCUT2D eigenvalue weighted by molar-refractivity contribution is 0.102. The van der Waals surface area contributed by atoms with Gasteiger partial charge in [-0.2, -0.15) is 5.26 Å². The normalized spacial score (nSPS) is 13.1. The molecular weight excluding hydrogens is 470 g/mol. The van der Waals surface area contributed by atoms with Gasteiger partial charge < -0.3 is 14.4 Å². The van der Waals surface area contributed by atoms with Crippen LogP contribution >= 0.6 is 23.4 Å². The quantitative estimate of drug-likeness (QED) is 0.328. The second kappa shape index (κ2) is 10.5. The van der Waals surface area contributed by atoms with Gasteiger partial charge in [0.05, 0.1) is 25.5 Å². The number of thioether (sulfide) groups is 1. The van der Waals surface area contributed by atoms with Gasteiger partial charge in [0.25, 0.3) is 0 Å². The summed E-state index contributed by atoms with van der Waals surface area (Å²) in [6.45, 7) is 1.53. The number of nitriles is 1. The molecule has 1 aliphatic heterocycles. The average molecular weight is 494 g/mol. The molecule has 8 heteroatoms. The maximum Gasteiger partial charge on any atom is 0.173 e. The number of likely N-dealkylation sites (N-methyl/N-ethyl adjacent to an activating group) is 1. The third kappa shape index (κ3) is 4.76. The molecule has 174 valence electrons. The number of halogens is 1. The number of hydrogen-bond acceptors (Lipinski definition) is 7. The molecule has 2 aromatic carbocycles. The van der Waals surface area contributed by atoms with Crippen molar-refractivity contribution in [2.45, 2.75) is 18.0 Å². The fourth-order valence-electron chi connectivity index (χ4n) is 4.14. The molecule has 0 fully saturated rings. The van der Waals surface area contributed by atoms with E-state index in [2.05, 4.69) is 11.0 Å². The first-order chi connectivity index (χ1) is 16.5. The second-order valence-corrected chi connectivity index (χ2v) is 9.36. The van der Waals surface area contributed by atoms with E-state index in [0.717, 1.165) is 35.3 Å². The van der Waals surface area contributed by atoms with Crippen LogP contribution in [0.2, 0.25) is 5.02 Å². The Labute approximate surface area is 208 Å². The Morgan fingerprint density at radius 2 is 2.03 bits per heavy atom. The molecule has 0 unspecified atom stereocenters. The molecule has 2 heterocycles. The van der Waals surface area contributed by atoms with Gasteiger partial charge in [0.2, 0.25) is 0 Å². The van der Waals surface area contributed by atoms with Crippen molar-refractivity contribution in [1.29, 1.82) is 5.26 Å². The number of nitrogens with zero attached hydrogens (tertiary/aromatic N) is 3. The van der Waals surface area contributed by atoms with Gasteiger partial charge in [-0.25, -0.2) is 4.98 Å². The van der Waals surface area contributed by atoms with E-state index in [0.29, 0.717) is 39.2 Å². The second-order valence-electron chi connectivity index (χ2n) is 7.96. The van der Waals surface area contributed by atoms with Crippen molar-refractivity contribution in [2.75, 3.05) is 33.6 Å². The molecule has 0 spiro atoms. The molecule has 1 aliphatic rings. The Morgan fingerprint density at radius 1 is 1.24 bits per heavy atom. The molecule has 0 saturated heterocycles. The van der Waals surface area contributed by atoms with Crippen LogP contribution in [0.3, 0.4) is 0 Å². The molecule has 6 nitrogen and oxygen atoms in total. The van der Waals surface area contributed by atoms with Gasteiger partial charge in [0, 0.05) is 46.9 Å². The number of hydrogen-bond donors (Lipinski definition) is 0. The summed E-state index contributed by atoms with van der Waals surface area (Å²) in [7, 11) is 5.23. The zero-order chi connectivity index (χ0) is 24.2. The topological polar surface area (TPSA) is 75.5 Å². The number of fused-ring (bicyclic) bond motifs is 1. The zero-order valence-corrected chi connectivity index (χ0v) is 20.8. The van der Waals surface area contributed by atoms with E-state index in [1.807, 2.05) is 25.2 Å². The number of ether oxygens (including phenoxy) is 2. The standard InChI is InChI=1S/C26H24ClN3O3S/c1-30-11-10-21-20(14-30)24(18-8-5-9-23(32-2)25(18)33-3)19(13-28)26(29-21)34-15-22(31)16-6-4-7-17(27)12-16/h4-9,12H,10-11,14-15H2,1-3H3. The number of carbonyl (C=O) groups is 1. The molecule has 0 bridgehead atoms. The summed E-state index contributed by atoms with van der Waals surface area (Å²) in [4.78, 5) is 19.9. The zero-order valence-electron chi connectivity index (χ0n) is 19.2. The number of pyridine rings is 1. The largest absolute Gasteiger partial charge is 0.493 e. The van der Waals surface area contributed by atoms with Crippen LogP contribution in [0, 0.1) is 11.3 Å². The monoisotopic (exact) mass is 493 g/mol. The van der Waals surface area contributed by atoms with Crippen LogP contribution in [-0.2, 0) is 13.0 Å². The highest BCUT2D eigenvalue weighted by Gasteiger charge is 2.27. The van der Waals surface area contributed by atoms with E-state index in [9.17, 15) is 10.1 Å². The van der Waals surface area contributed by atoms with Crippen molar-refractivity contribution in [2.24, 2.45) is 0 Å². The minimum absolute atomic E-state index is 0.0730. The summed E-state index contributed by atoms with van der Waals surface area (Å²) in [6, 6.07) is 14.9. The van der Waals surface area contributed by atoms with E-state index in [4.69, 9.17) is 26.1 Å². The number of aromatic nitrogens is 1. The van der Waals surface area contributed by atoms with Gasteiger partial charge in [0.15, 0.2) is 17.3 Å². The number of rotatable bonds is 7. The van der Waals surface area contributed by atoms with Gasteiger partial charge in [-0.1, -0.05) is 47.6 Å². The van der Waals surface area contributed by atoms with Crippen LogP contribution in [0.1, 0.15) is 27.2 Å². The minimum Gasteiger partial charge on any atom is -0.493 e. The summed E-state index contributed by atoms with van der Waals surface area (Å²) < 4.78 is 11.2. The van der Waals surface area contributed by atoms with Crippen LogP contribution in [0.4, 0.5) is 0 Å². The number of carbonyl (C=O) groups excluding carboxylic acids is 1. The highest BCUT2D eigenvalue weighted by molar-refractivity contribution is 8.00. The lowest BCUT2D eigenvalue weighted by atomic mass is 9.91. The van der Waals surface area contributed by atoms with Gasteiger partial charge in [-0.3, -0.25) is 4.79 Å². The fourth-order valence-corrected chi connectivity index (χ4v) is 5.23. The van der Waals surface area contributed by atoms with E-state index < -0.39 is 0 Å². The van der Waals surface area contributed by atoms with Gasteiger partial charge in [-0.15, -0.1) is 0 Å². The molecule has 4 rings (SSSR count). The first kappa shape index (κ1) is 24.1. The number of ketones is 1. The van der Waals surface area contributed by atoms with E-state index in [1.165, 1.54) is 11.8 Å². The Hall–Kier alpha value is -3.05. The van der Waals surface area contributed by atoms with Crippen molar-refractivity contribution < 1.29 is 14.3 Å². The molecule has 0 aliphatic carbocycles. The predicted molar refractivity (Wildman–Crippen MR) is 134 cm³/mol. The summed E-state index contributed by atoms with van der Waals surface area (Å²) in [5, 5.41) is 11.3. The number of Topliss-reactive ketones (excluding diaryl/α,β-unsaturated/α-hetero) is 1. The summed E-state index contributed by atoms with van der Waals surface area (Å²) in [6.07, 6.45) is 0.757. The van der Waals surface area contributed by atoms with Crippen LogP contribution in [0.25, 0.3) is 11.1 Å². The van der Waals surface area contributed by atoms with Crippen LogP contribution in [0.5, 0.6) is 11.5 Å². The minimum atomic E-state index is -0.0730. The third-order valence-corrected chi connectivity index (χ3v) is 6.99. The van der Waals surface area contributed by atoms with E-state index >= 15 is 0 Å². The van der Waals surface area contributed by atoms with Crippen molar-refractivity contribution in [1.82, 2.24) is 9.88 Å². The summed E-state index contributed by atoms with van der Waals surface area (Å²) in [5.74, 6) is 1.23. The molecule has 34 heavy (non-hydrogen) atoms. The molecule has 0 amide bonds. The predicted octanol–water partition coefficient (Wildman–Crippen LogP) is 5.25. The maximum atomic E-state index is 12.8. The van der Waals surface area contributed by atoms with Crippen LogP contribution < -0.4 is 9.47 Å². The number of para-hydroxylation sites is 1. The average Bonchev–Trinajstić information content (AvgIpc) is 2.85. The maximum absolute atomic E-state index is 12.8. The molecule has 0 saturated carbocycles. The van der Waals surface area contributed by atoms with E-state index in [-0.39, 0.29) is 11.5 Å². The number of methoxy groups -OCH3 is 2. The van der Waals surface area contributed by atoms with Gasteiger partial charge in [-0.05, 0) is 30.8 Å². The Balaban J connectivity index is 1.82. The van der Waals surface area contributed by atoms with E-state index in [1.54, 1.807) is 38.5 Å². The molecule has 0 radical (unpaired) electrons. The smallest absolute Gasteiger partial charge is 0.173 e. The van der Waals surface area contributed by atoms with Crippen LogP contribution in [-0.4, -0.2) is 49.2 Å². The molecule has 1 aromatic heterocycles. The summed E-state index contributed by atoms with van der Waals surface area (Å²) >= 11 is 7.32. The molecule has 0 N–H and O–H groups in total. The SMILES string of the molecule is COc1cccc(-c2c(C#N)c(SCC(=O)c3cccc(Cl)c3)nc3c2CN(C)CC3)c1OC. The van der Waals surface area contributed by atoms with Crippen molar-refractivity contribution in [3.63, 3.8) is 0 Å². The van der Waals surface area contributed by atoms with Crippen molar-refractivity contribution in [3.8, 4) is 28.7 Å². The highest BCUT2D eigenvalue weighted by Crippen LogP contribution is 2.44. The highest BCUT2D eigenvalue weighted by atomic mass is 35.5. The van der Waals surface area contributed by atoms with Gasteiger partial charge >= 0.3 is 0 Å². The lowest BCUT2D eigenvalue weighted by Crippen LogP contribution is -2.28. The Bertz CT molecular complexity index is 1290. The Morgan fingerprint density at radius 3 is 2.74 bits per heavy atom. The Kier molecular flexibility index (Phi) is 7.42.